The van der Waals surface area contributed by atoms with Gasteiger partial charge in [0.2, 0.25) is 5.88 Å². The van der Waals surface area contributed by atoms with Crippen molar-refractivity contribution >= 4 is 6.09 Å². The van der Waals surface area contributed by atoms with Crippen molar-refractivity contribution in [3.63, 3.8) is 0 Å². The van der Waals surface area contributed by atoms with Gasteiger partial charge in [-0.15, -0.1) is 0 Å². The SMILES string of the molecule is CC(C)(C)OC(=O)N1CCC(COc2ccccn2)CC1. The van der Waals surface area contributed by atoms with Crippen molar-refractivity contribution in [2.24, 2.45) is 5.92 Å². The molecule has 1 amide bonds. The van der Waals surface area contributed by atoms with Crippen LogP contribution in [0.4, 0.5) is 4.79 Å². The van der Waals surface area contributed by atoms with Crippen molar-refractivity contribution in [1.82, 2.24) is 9.88 Å². The molecule has 2 rings (SSSR count). The molecule has 1 aliphatic heterocycles. The van der Waals surface area contributed by atoms with Gasteiger partial charge in [-0.3, -0.25) is 0 Å². The van der Waals surface area contributed by atoms with Crippen LogP contribution in [0.25, 0.3) is 0 Å². The molecule has 0 atom stereocenters. The van der Waals surface area contributed by atoms with Crippen molar-refractivity contribution in [2.75, 3.05) is 19.7 Å². The van der Waals surface area contributed by atoms with Crippen LogP contribution in [0, 0.1) is 5.92 Å². The van der Waals surface area contributed by atoms with Crippen LogP contribution < -0.4 is 4.74 Å². The fourth-order valence-corrected chi connectivity index (χ4v) is 2.24. The van der Waals surface area contributed by atoms with Gasteiger partial charge >= 0.3 is 6.09 Å². The van der Waals surface area contributed by atoms with Crippen LogP contribution in [-0.2, 0) is 4.74 Å². The zero-order chi connectivity index (χ0) is 15.3. The summed E-state index contributed by atoms with van der Waals surface area (Å²) in [4.78, 5) is 17.9. The van der Waals surface area contributed by atoms with Crippen molar-refractivity contribution in [3.8, 4) is 5.88 Å². The van der Waals surface area contributed by atoms with Crippen LogP contribution in [0.3, 0.4) is 0 Å². The Bertz CT molecular complexity index is 448. The number of likely N-dealkylation sites (tertiary alicyclic amines) is 1. The minimum atomic E-state index is -0.435. The topological polar surface area (TPSA) is 51.7 Å². The largest absolute Gasteiger partial charge is 0.477 e. The van der Waals surface area contributed by atoms with Gasteiger partial charge in [0.25, 0.3) is 0 Å². The molecule has 0 radical (unpaired) electrons. The zero-order valence-corrected chi connectivity index (χ0v) is 13.0. The van der Waals surface area contributed by atoms with Crippen molar-refractivity contribution in [3.05, 3.63) is 24.4 Å². The first-order chi connectivity index (χ1) is 9.94. The smallest absolute Gasteiger partial charge is 0.410 e. The molecule has 1 aliphatic rings. The van der Waals surface area contributed by atoms with Gasteiger partial charge in [-0.2, -0.15) is 0 Å². The van der Waals surface area contributed by atoms with Crippen LogP contribution in [0.15, 0.2) is 24.4 Å². The molecule has 1 fully saturated rings. The highest BCUT2D eigenvalue weighted by atomic mass is 16.6. The molecule has 0 unspecified atom stereocenters. The summed E-state index contributed by atoms with van der Waals surface area (Å²) in [5.41, 5.74) is -0.435. The number of nitrogens with zero attached hydrogens (tertiary/aromatic N) is 2. The van der Waals surface area contributed by atoms with Crippen molar-refractivity contribution in [2.45, 2.75) is 39.2 Å². The lowest BCUT2D eigenvalue weighted by Gasteiger charge is -2.33. The number of amides is 1. The minimum absolute atomic E-state index is 0.216. The lowest BCUT2D eigenvalue weighted by molar-refractivity contribution is 0.0164. The number of aromatic nitrogens is 1. The molecule has 0 bridgehead atoms. The molecule has 2 heterocycles. The van der Waals surface area contributed by atoms with E-state index in [0.29, 0.717) is 18.4 Å². The second-order valence-corrected chi connectivity index (χ2v) is 6.39. The number of piperidine rings is 1. The summed E-state index contributed by atoms with van der Waals surface area (Å²) in [6.45, 7) is 7.77. The minimum Gasteiger partial charge on any atom is -0.477 e. The predicted molar refractivity (Wildman–Crippen MR) is 80.3 cm³/mol. The van der Waals surface area contributed by atoms with Gasteiger partial charge in [0, 0.05) is 25.4 Å². The monoisotopic (exact) mass is 292 g/mol. The molecule has 0 aromatic carbocycles. The maximum absolute atomic E-state index is 12.0. The maximum atomic E-state index is 12.0. The molecule has 5 heteroatoms. The Morgan fingerprint density at radius 1 is 1.33 bits per heavy atom. The van der Waals surface area contributed by atoms with Gasteiger partial charge in [-0.1, -0.05) is 6.07 Å². The van der Waals surface area contributed by atoms with E-state index in [9.17, 15) is 4.79 Å². The Labute approximate surface area is 126 Å². The van der Waals surface area contributed by atoms with E-state index in [2.05, 4.69) is 4.98 Å². The highest BCUT2D eigenvalue weighted by molar-refractivity contribution is 5.68. The third-order valence-corrected chi connectivity index (χ3v) is 3.37. The van der Waals surface area contributed by atoms with E-state index >= 15 is 0 Å². The first-order valence-corrected chi connectivity index (χ1v) is 7.46. The number of hydrogen-bond donors (Lipinski definition) is 0. The summed E-state index contributed by atoms with van der Waals surface area (Å²) >= 11 is 0. The van der Waals surface area contributed by atoms with Gasteiger partial charge in [-0.05, 0) is 45.6 Å². The number of pyridine rings is 1. The lowest BCUT2D eigenvalue weighted by Crippen LogP contribution is -2.42. The highest BCUT2D eigenvalue weighted by Crippen LogP contribution is 2.20. The quantitative estimate of drug-likeness (QED) is 0.859. The number of hydrogen-bond acceptors (Lipinski definition) is 4. The lowest BCUT2D eigenvalue weighted by atomic mass is 9.98. The average Bonchev–Trinajstić information content (AvgIpc) is 2.45. The van der Waals surface area contributed by atoms with Crippen molar-refractivity contribution < 1.29 is 14.3 Å². The summed E-state index contributed by atoms with van der Waals surface area (Å²) < 4.78 is 11.1. The Kier molecular flexibility index (Phi) is 5.04. The molecule has 5 nitrogen and oxygen atoms in total. The summed E-state index contributed by atoms with van der Waals surface area (Å²) in [6, 6.07) is 5.63. The number of ether oxygens (including phenoxy) is 2. The Morgan fingerprint density at radius 2 is 2.05 bits per heavy atom. The van der Waals surface area contributed by atoms with Crippen molar-refractivity contribution in [1.29, 1.82) is 0 Å². The van der Waals surface area contributed by atoms with Gasteiger partial charge in [0.05, 0.1) is 6.61 Å². The van der Waals surface area contributed by atoms with Gasteiger partial charge in [0.15, 0.2) is 0 Å². The van der Waals surface area contributed by atoms with E-state index in [4.69, 9.17) is 9.47 Å². The van der Waals surface area contributed by atoms with Crippen LogP contribution in [0.2, 0.25) is 0 Å². The molecule has 0 aliphatic carbocycles. The zero-order valence-electron chi connectivity index (χ0n) is 13.0. The fourth-order valence-electron chi connectivity index (χ4n) is 2.24. The van der Waals surface area contributed by atoms with E-state index in [-0.39, 0.29) is 6.09 Å². The van der Waals surface area contributed by atoms with Gasteiger partial charge < -0.3 is 14.4 Å². The van der Waals surface area contributed by atoms with Crippen LogP contribution in [0.1, 0.15) is 33.6 Å². The van der Waals surface area contributed by atoms with E-state index in [1.807, 2.05) is 39.0 Å². The molecule has 21 heavy (non-hydrogen) atoms. The van der Waals surface area contributed by atoms with Crippen LogP contribution in [0.5, 0.6) is 5.88 Å². The first-order valence-electron chi connectivity index (χ1n) is 7.46. The normalized spacial score (nSPS) is 16.6. The van der Waals surface area contributed by atoms with E-state index in [0.717, 1.165) is 25.9 Å². The number of carbonyl (C=O) groups excluding carboxylic acids is 1. The molecule has 1 aromatic heterocycles. The molecule has 116 valence electrons. The maximum Gasteiger partial charge on any atom is 0.410 e. The molecular weight excluding hydrogens is 268 g/mol. The third-order valence-electron chi connectivity index (χ3n) is 3.37. The summed E-state index contributed by atoms with van der Waals surface area (Å²) in [7, 11) is 0. The molecule has 1 aromatic rings. The van der Waals surface area contributed by atoms with E-state index in [1.165, 1.54) is 0 Å². The highest BCUT2D eigenvalue weighted by Gasteiger charge is 2.27. The fraction of sp³-hybridized carbons (Fsp3) is 0.625. The number of rotatable bonds is 3. The van der Waals surface area contributed by atoms with E-state index in [1.54, 1.807) is 11.1 Å². The molecule has 1 saturated heterocycles. The second-order valence-electron chi connectivity index (χ2n) is 6.39. The Balaban J connectivity index is 1.72. The molecule has 0 N–H and O–H groups in total. The molecule has 0 spiro atoms. The third kappa shape index (κ3) is 5.25. The molecule has 0 saturated carbocycles. The first kappa shape index (κ1) is 15.6. The summed E-state index contributed by atoms with van der Waals surface area (Å²) in [5.74, 6) is 1.12. The van der Waals surface area contributed by atoms with Gasteiger partial charge in [0.1, 0.15) is 5.60 Å². The number of carbonyl (C=O) groups is 1. The predicted octanol–water partition coefficient (Wildman–Crippen LogP) is 3.11. The Morgan fingerprint density at radius 3 is 2.62 bits per heavy atom. The standard InChI is InChI=1S/C16H24N2O3/c1-16(2,3)21-15(19)18-10-7-13(8-11-18)12-20-14-6-4-5-9-17-14/h4-6,9,13H,7-8,10-12H2,1-3H3. The van der Waals surface area contributed by atoms with Gasteiger partial charge in [-0.25, -0.2) is 9.78 Å². The van der Waals surface area contributed by atoms with Crippen LogP contribution >= 0.6 is 0 Å². The Hall–Kier alpha value is -1.78. The summed E-state index contributed by atoms with van der Waals surface area (Å²) in [5, 5.41) is 0. The average molecular weight is 292 g/mol. The second kappa shape index (κ2) is 6.78. The van der Waals surface area contributed by atoms with Crippen LogP contribution in [-0.4, -0.2) is 41.3 Å². The summed E-state index contributed by atoms with van der Waals surface area (Å²) in [6.07, 6.45) is 3.38. The molecular formula is C16H24N2O3. The van der Waals surface area contributed by atoms with E-state index < -0.39 is 5.60 Å².